The molecule has 74 valence electrons. The summed E-state index contributed by atoms with van der Waals surface area (Å²) in [5, 5.41) is 0. The van der Waals surface area contributed by atoms with Gasteiger partial charge < -0.3 is 15.5 Å². The van der Waals surface area contributed by atoms with Gasteiger partial charge in [-0.3, -0.25) is 4.79 Å². The van der Waals surface area contributed by atoms with Crippen molar-refractivity contribution in [3.63, 3.8) is 0 Å². The number of hydrogen-bond donors (Lipinski definition) is 1. The summed E-state index contributed by atoms with van der Waals surface area (Å²) in [4.78, 5) is 15.6. The third-order valence-electron chi connectivity index (χ3n) is 2.86. The quantitative estimate of drug-likeness (QED) is 0.604. The van der Waals surface area contributed by atoms with Gasteiger partial charge in [0.1, 0.15) is 0 Å². The molecule has 2 N–H and O–H groups in total. The maximum absolute atomic E-state index is 11.4. The second-order valence-corrected chi connectivity index (χ2v) is 4.35. The van der Waals surface area contributed by atoms with Gasteiger partial charge >= 0.3 is 0 Å². The number of carbonyl (C=O) groups is 1. The monoisotopic (exact) mass is 183 g/mol. The Morgan fingerprint density at radius 1 is 1.46 bits per heavy atom. The summed E-state index contributed by atoms with van der Waals surface area (Å²) in [6, 6.07) is 0.0744. The highest BCUT2D eigenvalue weighted by Crippen LogP contribution is 2.17. The van der Waals surface area contributed by atoms with E-state index in [1.807, 2.05) is 4.90 Å². The Morgan fingerprint density at radius 3 is 2.62 bits per heavy atom. The van der Waals surface area contributed by atoms with Crippen molar-refractivity contribution in [2.45, 2.75) is 12.5 Å². The fourth-order valence-corrected chi connectivity index (χ4v) is 2.23. The van der Waals surface area contributed by atoms with Crippen molar-refractivity contribution in [3.8, 4) is 0 Å². The molecule has 1 amide bonds. The van der Waals surface area contributed by atoms with Gasteiger partial charge in [0.15, 0.2) is 0 Å². The van der Waals surface area contributed by atoms with Crippen LogP contribution < -0.4 is 5.73 Å². The van der Waals surface area contributed by atoms with Crippen LogP contribution >= 0.6 is 0 Å². The summed E-state index contributed by atoms with van der Waals surface area (Å²) in [5.41, 5.74) is 5.71. The van der Waals surface area contributed by atoms with E-state index in [2.05, 4.69) is 11.9 Å². The summed E-state index contributed by atoms with van der Waals surface area (Å²) in [7, 11) is 2.11. The number of likely N-dealkylation sites (tertiary alicyclic amines) is 2. The second kappa shape index (κ2) is 3.27. The van der Waals surface area contributed by atoms with E-state index in [1.165, 1.54) is 0 Å². The van der Waals surface area contributed by atoms with Crippen LogP contribution in [0, 0.1) is 5.92 Å². The zero-order valence-electron chi connectivity index (χ0n) is 8.07. The van der Waals surface area contributed by atoms with Crippen molar-refractivity contribution in [3.05, 3.63) is 0 Å². The van der Waals surface area contributed by atoms with Crippen LogP contribution in [0.15, 0.2) is 0 Å². The molecule has 4 nitrogen and oxygen atoms in total. The average molecular weight is 183 g/mol. The largest absolute Gasteiger partial charge is 0.341 e. The normalized spacial score (nSPS) is 31.1. The molecular formula is C9H17N3O. The van der Waals surface area contributed by atoms with Crippen LogP contribution in [0.5, 0.6) is 0 Å². The Morgan fingerprint density at radius 2 is 2.15 bits per heavy atom. The first-order valence-electron chi connectivity index (χ1n) is 4.87. The number of amides is 1. The van der Waals surface area contributed by atoms with Crippen molar-refractivity contribution in [1.82, 2.24) is 9.80 Å². The van der Waals surface area contributed by atoms with E-state index in [4.69, 9.17) is 5.73 Å². The lowest BCUT2D eigenvalue weighted by Gasteiger charge is -2.38. The maximum atomic E-state index is 11.4. The molecule has 0 aromatic rings. The number of carbonyl (C=O) groups excluding carboxylic acids is 1. The molecule has 2 fully saturated rings. The molecular weight excluding hydrogens is 166 g/mol. The number of hydrogen-bond acceptors (Lipinski definition) is 3. The van der Waals surface area contributed by atoms with Crippen molar-refractivity contribution in [2.24, 2.45) is 11.7 Å². The summed E-state index contributed by atoms with van der Waals surface area (Å²) in [5.74, 6) is 0.918. The van der Waals surface area contributed by atoms with Crippen LogP contribution in [0.3, 0.4) is 0 Å². The SMILES string of the molecule is CN1CC(CN2CC(N)CC2=O)C1. The fraction of sp³-hybridized carbons (Fsp3) is 0.889. The lowest BCUT2D eigenvalue weighted by atomic mass is 10.0. The second-order valence-electron chi connectivity index (χ2n) is 4.35. The van der Waals surface area contributed by atoms with Gasteiger partial charge in [-0.15, -0.1) is 0 Å². The van der Waals surface area contributed by atoms with E-state index in [1.54, 1.807) is 0 Å². The fourth-order valence-electron chi connectivity index (χ4n) is 2.23. The predicted molar refractivity (Wildman–Crippen MR) is 50.2 cm³/mol. The van der Waals surface area contributed by atoms with Gasteiger partial charge in [-0.2, -0.15) is 0 Å². The van der Waals surface area contributed by atoms with E-state index in [0.717, 1.165) is 26.2 Å². The number of rotatable bonds is 2. The van der Waals surface area contributed by atoms with Crippen molar-refractivity contribution in [2.75, 3.05) is 33.2 Å². The average Bonchev–Trinajstić information content (AvgIpc) is 2.27. The molecule has 0 spiro atoms. The Hall–Kier alpha value is -0.610. The smallest absolute Gasteiger partial charge is 0.224 e. The molecule has 1 unspecified atom stereocenters. The maximum Gasteiger partial charge on any atom is 0.224 e. The van der Waals surface area contributed by atoms with E-state index >= 15 is 0 Å². The summed E-state index contributed by atoms with van der Waals surface area (Å²) < 4.78 is 0. The molecule has 13 heavy (non-hydrogen) atoms. The van der Waals surface area contributed by atoms with Crippen molar-refractivity contribution < 1.29 is 4.79 Å². The van der Waals surface area contributed by atoms with Crippen LogP contribution in [0.1, 0.15) is 6.42 Å². The molecule has 0 saturated carbocycles. The van der Waals surface area contributed by atoms with Gasteiger partial charge in [0.05, 0.1) is 0 Å². The first-order chi connectivity index (χ1) is 6.15. The van der Waals surface area contributed by atoms with E-state index in [0.29, 0.717) is 12.3 Å². The minimum atomic E-state index is 0.0744. The zero-order chi connectivity index (χ0) is 9.42. The Kier molecular flexibility index (Phi) is 2.26. The topological polar surface area (TPSA) is 49.6 Å². The Bertz CT molecular complexity index is 213. The third kappa shape index (κ3) is 1.84. The number of nitrogens with zero attached hydrogens (tertiary/aromatic N) is 2. The van der Waals surface area contributed by atoms with Crippen LogP contribution in [0.2, 0.25) is 0 Å². The van der Waals surface area contributed by atoms with Crippen LogP contribution in [-0.2, 0) is 4.79 Å². The molecule has 0 aromatic heterocycles. The molecule has 2 aliphatic heterocycles. The standard InChI is InChI=1S/C9H17N3O/c1-11-3-7(4-11)5-12-6-8(10)2-9(12)13/h7-8H,2-6,10H2,1H3. The van der Waals surface area contributed by atoms with E-state index < -0.39 is 0 Å². The molecule has 2 saturated heterocycles. The van der Waals surface area contributed by atoms with Gasteiger partial charge in [0, 0.05) is 44.6 Å². The van der Waals surface area contributed by atoms with Crippen molar-refractivity contribution >= 4 is 5.91 Å². The highest BCUT2D eigenvalue weighted by Gasteiger charge is 2.32. The highest BCUT2D eigenvalue weighted by molar-refractivity contribution is 5.79. The van der Waals surface area contributed by atoms with E-state index in [-0.39, 0.29) is 11.9 Å². The Labute approximate surface area is 78.7 Å². The lowest BCUT2D eigenvalue weighted by Crippen LogP contribution is -2.49. The molecule has 2 aliphatic rings. The number of nitrogens with two attached hydrogens (primary N) is 1. The van der Waals surface area contributed by atoms with Gasteiger partial charge in [0.25, 0.3) is 0 Å². The zero-order valence-corrected chi connectivity index (χ0v) is 8.07. The molecule has 1 atom stereocenters. The van der Waals surface area contributed by atoms with Crippen molar-refractivity contribution in [1.29, 1.82) is 0 Å². The summed E-state index contributed by atoms with van der Waals surface area (Å²) in [6.07, 6.45) is 0.544. The summed E-state index contributed by atoms with van der Waals surface area (Å²) in [6.45, 7) is 3.92. The Balaban J connectivity index is 1.79. The van der Waals surface area contributed by atoms with E-state index in [9.17, 15) is 4.79 Å². The third-order valence-corrected chi connectivity index (χ3v) is 2.86. The lowest BCUT2D eigenvalue weighted by molar-refractivity contribution is -0.128. The molecule has 0 bridgehead atoms. The van der Waals surface area contributed by atoms with Crippen LogP contribution in [0.25, 0.3) is 0 Å². The molecule has 0 radical (unpaired) electrons. The molecule has 2 rings (SSSR count). The first kappa shape index (κ1) is 8.97. The molecule has 0 aliphatic carbocycles. The minimum absolute atomic E-state index is 0.0744. The van der Waals surface area contributed by atoms with Gasteiger partial charge in [-0.05, 0) is 7.05 Å². The van der Waals surface area contributed by atoms with Gasteiger partial charge in [-0.1, -0.05) is 0 Å². The predicted octanol–water partition coefficient (Wildman–Crippen LogP) is -0.892. The minimum Gasteiger partial charge on any atom is -0.341 e. The first-order valence-corrected chi connectivity index (χ1v) is 4.87. The van der Waals surface area contributed by atoms with Gasteiger partial charge in [0.2, 0.25) is 5.91 Å². The highest BCUT2D eigenvalue weighted by atomic mass is 16.2. The molecule has 2 heterocycles. The van der Waals surface area contributed by atoms with Crippen LogP contribution in [-0.4, -0.2) is 55.0 Å². The summed E-state index contributed by atoms with van der Waals surface area (Å²) >= 11 is 0. The van der Waals surface area contributed by atoms with Gasteiger partial charge in [-0.25, -0.2) is 0 Å². The molecule has 4 heteroatoms. The molecule has 0 aromatic carbocycles. The van der Waals surface area contributed by atoms with Crippen LogP contribution in [0.4, 0.5) is 0 Å².